The van der Waals surface area contributed by atoms with Crippen LogP contribution in [-0.2, 0) is 6.54 Å². The first-order valence-electron chi connectivity index (χ1n) is 4.45. The van der Waals surface area contributed by atoms with Gasteiger partial charge in [0.25, 0.3) is 0 Å². The van der Waals surface area contributed by atoms with Crippen LogP contribution in [0, 0.1) is 5.82 Å². The second-order valence-corrected chi connectivity index (χ2v) is 3.30. The predicted octanol–water partition coefficient (Wildman–Crippen LogP) is 1.00. The Labute approximate surface area is 82.2 Å². The SMILES string of the molecule is CC(O)CNCc1cc(O)cc(F)c1. The van der Waals surface area contributed by atoms with Gasteiger partial charge < -0.3 is 15.5 Å². The van der Waals surface area contributed by atoms with E-state index in [4.69, 9.17) is 10.2 Å². The van der Waals surface area contributed by atoms with E-state index < -0.39 is 11.9 Å². The third-order valence-corrected chi connectivity index (χ3v) is 1.71. The first kappa shape index (κ1) is 10.9. The van der Waals surface area contributed by atoms with Gasteiger partial charge in [0.15, 0.2) is 0 Å². The van der Waals surface area contributed by atoms with Crippen molar-refractivity contribution in [2.45, 2.75) is 19.6 Å². The summed E-state index contributed by atoms with van der Waals surface area (Å²) in [5.74, 6) is -0.544. The molecule has 0 bridgehead atoms. The van der Waals surface area contributed by atoms with Crippen LogP contribution in [0.5, 0.6) is 5.75 Å². The average molecular weight is 199 g/mol. The smallest absolute Gasteiger partial charge is 0.127 e. The van der Waals surface area contributed by atoms with E-state index in [1.165, 1.54) is 12.1 Å². The molecule has 1 atom stereocenters. The Morgan fingerprint density at radius 1 is 1.43 bits per heavy atom. The predicted molar refractivity (Wildman–Crippen MR) is 51.5 cm³/mol. The van der Waals surface area contributed by atoms with Crippen LogP contribution in [0.2, 0.25) is 0 Å². The molecule has 0 spiro atoms. The third kappa shape index (κ3) is 3.72. The molecule has 1 aromatic carbocycles. The molecule has 0 saturated carbocycles. The molecule has 0 saturated heterocycles. The molecule has 0 heterocycles. The van der Waals surface area contributed by atoms with Crippen LogP contribution in [-0.4, -0.2) is 22.9 Å². The van der Waals surface area contributed by atoms with Gasteiger partial charge in [-0.2, -0.15) is 0 Å². The number of hydrogen-bond acceptors (Lipinski definition) is 3. The molecule has 3 N–H and O–H groups in total. The largest absolute Gasteiger partial charge is 0.508 e. The molecule has 0 aliphatic rings. The highest BCUT2D eigenvalue weighted by Crippen LogP contribution is 2.14. The third-order valence-electron chi connectivity index (χ3n) is 1.71. The summed E-state index contributed by atoms with van der Waals surface area (Å²) in [5.41, 5.74) is 0.656. The fourth-order valence-corrected chi connectivity index (χ4v) is 1.16. The number of nitrogens with one attached hydrogen (secondary N) is 1. The Morgan fingerprint density at radius 2 is 2.14 bits per heavy atom. The zero-order valence-electron chi connectivity index (χ0n) is 8.00. The number of phenolic OH excluding ortho intramolecular Hbond substituents is 1. The lowest BCUT2D eigenvalue weighted by Crippen LogP contribution is -2.23. The molecule has 1 unspecified atom stereocenters. The quantitative estimate of drug-likeness (QED) is 0.678. The number of halogens is 1. The van der Waals surface area contributed by atoms with Crippen molar-refractivity contribution in [3.63, 3.8) is 0 Å². The van der Waals surface area contributed by atoms with Crippen molar-refractivity contribution in [1.82, 2.24) is 5.32 Å². The Morgan fingerprint density at radius 3 is 2.71 bits per heavy atom. The van der Waals surface area contributed by atoms with Gasteiger partial charge in [-0.1, -0.05) is 0 Å². The van der Waals surface area contributed by atoms with Crippen LogP contribution < -0.4 is 5.32 Å². The minimum atomic E-state index is -0.459. The molecule has 1 aromatic rings. The van der Waals surface area contributed by atoms with Gasteiger partial charge in [-0.15, -0.1) is 0 Å². The topological polar surface area (TPSA) is 52.5 Å². The molecular weight excluding hydrogens is 185 g/mol. The van der Waals surface area contributed by atoms with Crippen molar-refractivity contribution in [3.05, 3.63) is 29.6 Å². The van der Waals surface area contributed by atoms with Crippen molar-refractivity contribution < 1.29 is 14.6 Å². The van der Waals surface area contributed by atoms with E-state index in [1.807, 2.05) is 0 Å². The van der Waals surface area contributed by atoms with E-state index in [1.54, 1.807) is 6.92 Å². The highest BCUT2D eigenvalue weighted by Gasteiger charge is 2.00. The van der Waals surface area contributed by atoms with Gasteiger partial charge in [-0.05, 0) is 24.6 Å². The maximum absolute atomic E-state index is 12.8. The molecule has 0 aliphatic carbocycles. The zero-order chi connectivity index (χ0) is 10.6. The molecule has 0 fully saturated rings. The monoisotopic (exact) mass is 199 g/mol. The highest BCUT2D eigenvalue weighted by atomic mass is 19.1. The van der Waals surface area contributed by atoms with Gasteiger partial charge in [0.05, 0.1) is 6.10 Å². The molecule has 3 nitrogen and oxygen atoms in total. The fraction of sp³-hybridized carbons (Fsp3) is 0.400. The Hall–Kier alpha value is -1.13. The van der Waals surface area contributed by atoms with Crippen LogP contribution in [0.4, 0.5) is 4.39 Å². The molecule has 1 rings (SSSR count). The number of hydrogen-bond donors (Lipinski definition) is 3. The van der Waals surface area contributed by atoms with Gasteiger partial charge in [0, 0.05) is 19.2 Å². The molecule has 4 heteroatoms. The molecule has 0 aliphatic heterocycles. The fourth-order valence-electron chi connectivity index (χ4n) is 1.16. The van der Waals surface area contributed by atoms with E-state index >= 15 is 0 Å². The lowest BCUT2D eigenvalue weighted by molar-refractivity contribution is 0.191. The van der Waals surface area contributed by atoms with Crippen LogP contribution in [0.1, 0.15) is 12.5 Å². The van der Waals surface area contributed by atoms with E-state index in [0.29, 0.717) is 18.7 Å². The van der Waals surface area contributed by atoms with E-state index in [9.17, 15) is 4.39 Å². The summed E-state index contributed by atoms with van der Waals surface area (Å²) < 4.78 is 12.8. The molecule has 0 aromatic heterocycles. The Bertz CT molecular complexity index is 282. The zero-order valence-corrected chi connectivity index (χ0v) is 8.00. The normalized spacial score (nSPS) is 12.8. The summed E-state index contributed by atoms with van der Waals surface area (Å²) in [5, 5.41) is 21.0. The van der Waals surface area contributed by atoms with Gasteiger partial charge in [0.1, 0.15) is 11.6 Å². The summed E-state index contributed by atoms with van der Waals surface area (Å²) in [4.78, 5) is 0. The van der Waals surface area contributed by atoms with Crippen molar-refractivity contribution in [2.24, 2.45) is 0 Å². The van der Waals surface area contributed by atoms with Crippen LogP contribution in [0.3, 0.4) is 0 Å². The average Bonchev–Trinajstić information content (AvgIpc) is 2.01. The summed E-state index contributed by atoms with van der Waals surface area (Å²) in [6, 6.07) is 3.88. The summed E-state index contributed by atoms with van der Waals surface area (Å²) >= 11 is 0. The van der Waals surface area contributed by atoms with Crippen molar-refractivity contribution in [2.75, 3.05) is 6.54 Å². The molecule has 14 heavy (non-hydrogen) atoms. The minimum Gasteiger partial charge on any atom is -0.508 e. The van der Waals surface area contributed by atoms with Crippen molar-refractivity contribution in [3.8, 4) is 5.75 Å². The van der Waals surface area contributed by atoms with Gasteiger partial charge in [0.2, 0.25) is 0 Å². The van der Waals surface area contributed by atoms with Gasteiger partial charge in [-0.3, -0.25) is 0 Å². The first-order valence-corrected chi connectivity index (χ1v) is 4.45. The van der Waals surface area contributed by atoms with E-state index in [-0.39, 0.29) is 5.75 Å². The maximum Gasteiger partial charge on any atom is 0.127 e. The lowest BCUT2D eigenvalue weighted by atomic mass is 10.2. The first-order chi connectivity index (χ1) is 6.58. The van der Waals surface area contributed by atoms with E-state index in [2.05, 4.69) is 5.32 Å². The summed E-state index contributed by atoms with van der Waals surface area (Å²) in [7, 11) is 0. The molecule has 0 amide bonds. The number of aliphatic hydroxyl groups is 1. The second kappa shape index (κ2) is 4.93. The molecule has 0 radical (unpaired) electrons. The summed E-state index contributed by atoms with van der Waals surface area (Å²) in [6.07, 6.45) is -0.433. The number of benzene rings is 1. The molecular formula is C10H14FNO2. The second-order valence-electron chi connectivity index (χ2n) is 3.30. The lowest BCUT2D eigenvalue weighted by Gasteiger charge is -2.07. The van der Waals surface area contributed by atoms with Crippen LogP contribution in [0.25, 0.3) is 0 Å². The van der Waals surface area contributed by atoms with Crippen LogP contribution in [0.15, 0.2) is 18.2 Å². The standard InChI is InChI=1S/C10H14FNO2/c1-7(13)5-12-6-8-2-9(11)4-10(14)3-8/h2-4,7,12-14H,5-6H2,1H3. The Kier molecular flexibility index (Phi) is 3.85. The maximum atomic E-state index is 12.8. The van der Waals surface area contributed by atoms with Crippen molar-refractivity contribution >= 4 is 0 Å². The highest BCUT2D eigenvalue weighted by molar-refractivity contribution is 5.28. The van der Waals surface area contributed by atoms with Crippen molar-refractivity contribution in [1.29, 1.82) is 0 Å². The number of rotatable bonds is 4. The van der Waals surface area contributed by atoms with E-state index in [0.717, 1.165) is 6.07 Å². The number of aromatic hydroxyl groups is 1. The minimum absolute atomic E-state index is 0.0844. The molecule has 78 valence electrons. The number of aliphatic hydroxyl groups excluding tert-OH is 1. The Balaban J connectivity index is 2.50. The van der Waals surface area contributed by atoms with Crippen LogP contribution >= 0.6 is 0 Å². The number of phenols is 1. The van der Waals surface area contributed by atoms with Gasteiger partial charge in [-0.25, -0.2) is 4.39 Å². The van der Waals surface area contributed by atoms with Gasteiger partial charge >= 0.3 is 0 Å². The summed E-state index contributed by atoms with van der Waals surface area (Å²) in [6.45, 7) is 2.53.